The summed E-state index contributed by atoms with van der Waals surface area (Å²) in [4.78, 5) is 26.2. The highest BCUT2D eigenvalue weighted by molar-refractivity contribution is 5.93. The van der Waals surface area contributed by atoms with Crippen LogP contribution in [0, 0.1) is 11.3 Å². The largest absolute Gasteiger partial charge is 0.416 e. The van der Waals surface area contributed by atoms with Gasteiger partial charge in [-0.3, -0.25) is 9.59 Å². The van der Waals surface area contributed by atoms with Gasteiger partial charge >= 0.3 is 12.4 Å². The summed E-state index contributed by atoms with van der Waals surface area (Å²) in [6.45, 7) is 4.87. The summed E-state index contributed by atoms with van der Waals surface area (Å²) < 4.78 is 78.5. The molecule has 1 aliphatic carbocycles. The SMILES string of the molecule is CCN(Cc1cc(C(F)(F)F)cc(C(F)(F)F)c1)C(=O)C1(C(C)C)CCC(=O)C1. The number of hydrogen-bond acceptors (Lipinski definition) is 2. The van der Waals surface area contributed by atoms with Gasteiger partial charge in [-0.1, -0.05) is 13.8 Å². The van der Waals surface area contributed by atoms with Crippen LogP contribution >= 0.6 is 0 Å². The van der Waals surface area contributed by atoms with Crippen LogP contribution < -0.4 is 0 Å². The summed E-state index contributed by atoms with van der Waals surface area (Å²) in [7, 11) is 0. The predicted octanol–water partition coefficient (Wildman–Crippen LogP) is 5.47. The molecular formula is C20H23F6NO2. The maximum atomic E-state index is 13.2. The smallest absolute Gasteiger partial charge is 0.338 e. The molecule has 1 amide bonds. The molecule has 0 aromatic heterocycles. The summed E-state index contributed by atoms with van der Waals surface area (Å²) in [5.41, 5.74) is -4.06. The maximum Gasteiger partial charge on any atom is 0.416 e. The Bertz CT molecular complexity index is 752. The van der Waals surface area contributed by atoms with Gasteiger partial charge in [0.15, 0.2) is 0 Å². The van der Waals surface area contributed by atoms with E-state index in [0.29, 0.717) is 18.6 Å². The fraction of sp³-hybridized carbons (Fsp3) is 0.600. The van der Waals surface area contributed by atoms with E-state index in [1.54, 1.807) is 20.8 Å². The zero-order valence-corrected chi connectivity index (χ0v) is 16.4. The van der Waals surface area contributed by atoms with Crippen molar-refractivity contribution in [2.75, 3.05) is 6.54 Å². The van der Waals surface area contributed by atoms with E-state index >= 15 is 0 Å². The van der Waals surface area contributed by atoms with Gasteiger partial charge in [-0.2, -0.15) is 26.3 Å². The lowest BCUT2D eigenvalue weighted by Gasteiger charge is -2.36. The maximum absolute atomic E-state index is 13.2. The third-order valence-electron chi connectivity index (χ3n) is 5.58. The van der Waals surface area contributed by atoms with Crippen LogP contribution in [0.2, 0.25) is 0 Å². The van der Waals surface area contributed by atoms with E-state index in [9.17, 15) is 35.9 Å². The number of rotatable bonds is 5. The first-order valence-electron chi connectivity index (χ1n) is 9.30. The van der Waals surface area contributed by atoms with Crippen LogP contribution in [0.3, 0.4) is 0 Å². The van der Waals surface area contributed by atoms with Crippen molar-refractivity contribution in [2.24, 2.45) is 11.3 Å². The molecule has 162 valence electrons. The summed E-state index contributed by atoms with van der Waals surface area (Å²) >= 11 is 0. The summed E-state index contributed by atoms with van der Waals surface area (Å²) in [6.07, 6.45) is -9.29. The van der Waals surface area contributed by atoms with E-state index in [4.69, 9.17) is 0 Å². The minimum Gasteiger partial charge on any atom is -0.338 e. The van der Waals surface area contributed by atoms with E-state index in [0.717, 1.165) is 0 Å². The Balaban J connectivity index is 2.42. The molecule has 0 bridgehead atoms. The van der Waals surface area contributed by atoms with Gasteiger partial charge in [0.1, 0.15) is 5.78 Å². The van der Waals surface area contributed by atoms with Crippen molar-refractivity contribution in [3.63, 3.8) is 0 Å². The minimum atomic E-state index is -4.95. The third-order valence-corrected chi connectivity index (χ3v) is 5.58. The molecule has 3 nitrogen and oxygen atoms in total. The summed E-state index contributed by atoms with van der Waals surface area (Å²) in [5, 5.41) is 0. The molecule has 1 atom stereocenters. The molecule has 0 spiro atoms. The lowest BCUT2D eigenvalue weighted by atomic mass is 9.74. The normalized spacial score (nSPS) is 20.4. The first-order chi connectivity index (χ1) is 13.2. The number of Topliss-reactive ketones (excluding diaryl/α,β-unsaturated/α-hetero) is 1. The van der Waals surface area contributed by atoms with Crippen molar-refractivity contribution in [3.8, 4) is 0 Å². The van der Waals surface area contributed by atoms with Crippen molar-refractivity contribution in [1.29, 1.82) is 0 Å². The molecule has 1 saturated carbocycles. The predicted molar refractivity (Wildman–Crippen MR) is 93.7 cm³/mol. The molecule has 0 heterocycles. The molecule has 0 saturated heterocycles. The molecular weight excluding hydrogens is 400 g/mol. The molecule has 1 fully saturated rings. The zero-order chi connectivity index (χ0) is 22.2. The van der Waals surface area contributed by atoms with Gasteiger partial charge in [-0.25, -0.2) is 0 Å². The lowest BCUT2D eigenvalue weighted by molar-refractivity contribution is -0.146. The van der Waals surface area contributed by atoms with Crippen LogP contribution in [0.15, 0.2) is 18.2 Å². The number of nitrogens with zero attached hydrogens (tertiary/aromatic N) is 1. The van der Waals surface area contributed by atoms with Gasteiger partial charge in [-0.05, 0) is 43.0 Å². The van der Waals surface area contributed by atoms with Crippen LogP contribution in [-0.2, 0) is 28.5 Å². The number of ketones is 1. The number of carbonyl (C=O) groups excluding carboxylic acids is 2. The number of hydrogen-bond donors (Lipinski definition) is 0. The number of amides is 1. The van der Waals surface area contributed by atoms with Gasteiger partial charge in [-0.15, -0.1) is 0 Å². The van der Waals surface area contributed by atoms with Crippen LogP contribution in [0.4, 0.5) is 26.3 Å². The Morgan fingerprint density at radius 3 is 1.93 bits per heavy atom. The Morgan fingerprint density at radius 1 is 1.07 bits per heavy atom. The van der Waals surface area contributed by atoms with Crippen LogP contribution in [0.5, 0.6) is 0 Å². The molecule has 0 aliphatic heterocycles. The highest BCUT2D eigenvalue weighted by atomic mass is 19.4. The first-order valence-corrected chi connectivity index (χ1v) is 9.30. The monoisotopic (exact) mass is 423 g/mol. The van der Waals surface area contributed by atoms with Gasteiger partial charge in [0, 0.05) is 25.9 Å². The quantitative estimate of drug-likeness (QED) is 0.589. The van der Waals surface area contributed by atoms with E-state index in [-0.39, 0.29) is 42.7 Å². The van der Waals surface area contributed by atoms with Crippen LogP contribution in [0.25, 0.3) is 0 Å². The van der Waals surface area contributed by atoms with Crippen molar-refractivity contribution in [3.05, 3.63) is 34.9 Å². The third kappa shape index (κ3) is 4.93. The van der Waals surface area contributed by atoms with Gasteiger partial charge < -0.3 is 4.90 Å². The molecule has 1 aliphatic rings. The second-order valence-electron chi connectivity index (χ2n) is 7.76. The number of carbonyl (C=O) groups is 2. The topological polar surface area (TPSA) is 37.4 Å². The van der Waals surface area contributed by atoms with Gasteiger partial charge in [0.05, 0.1) is 16.5 Å². The number of benzene rings is 1. The molecule has 0 N–H and O–H groups in total. The Morgan fingerprint density at radius 2 is 1.59 bits per heavy atom. The molecule has 9 heteroatoms. The molecule has 29 heavy (non-hydrogen) atoms. The Labute approximate surface area is 165 Å². The van der Waals surface area contributed by atoms with E-state index in [1.165, 1.54) is 4.90 Å². The highest BCUT2D eigenvalue weighted by Crippen LogP contribution is 2.44. The van der Waals surface area contributed by atoms with Crippen molar-refractivity contribution in [2.45, 2.75) is 58.9 Å². The lowest BCUT2D eigenvalue weighted by Crippen LogP contribution is -2.45. The standard InChI is InChI=1S/C20H23F6NO2/c1-4-27(17(29)18(12(2)3)6-5-16(28)10-18)11-13-7-14(19(21,22)23)9-15(8-13)20(24,25)26/h7-9,12H,4-6,10-11H2,1-3H3. The second-order valence-corrected chi connectivity index (χ2v) is 7.76. The Hall–Kier alpha value is -2.06. The fourth-order valence-corrected chi connectivity index (χ4v) is 3.79. The van der Waals surface area contributed by atoms with E-state index < -0.39 is 41.3 Å². The minimum absolute atomic E-state index is 0.0381. The van der Waals surface area contributed by atoms with E-state index in [1.807, 2.05) is 0 Å². The molecule has 0 radical (unpaired) electrons. The molecule has 2 rings (SSSR count). The Kier molecular flexibility index (Phi) is 6.40. The van der Waals surface area contributed by atoms with Crippen molar-refractivity contribution >= 4 is 11.7 Å². The van der Waals surface area contributed by atoms with Crippen molar-refractivity contribution < 1.29 is 35.9 Å². The molecule has 1 aromatic carbocycles. The molecule has 1 aromatic rings. The average molecular weight is 423 g/mol. The highest BCUT2D eigenvalue weighted by Gasteiger charge is 2.49. The number of alkyl halides is 6. The number of halogens is 6. The van der Waals surface area contributed by atoms with Crippen LogP contribution in [0.1, 0.15) is 56.7 Å². The average Bonchev–Trinajstić information content (AvgIpc) is 3.00. The summed E-state index contributed by atoms with van der Waals surface area (Å²) in [6, 6.07) is 1.33. The summed E-state index contributed by atoms with van der Waals surface area (Å²) in [5.74, 6) is -0.670. The van der Waals surface area contributed by atoms with Crippen LogP contribution in [-0.4, -0.2) is 23.1 Å². The first kappa shape index (κ1) is 23.2. The fourth-order valence-electron chi connectivity index (χ4n) is 3.79. The van der Waals surface area contributed by atoms with Gasteiger partial charge in [0.2, 0.25) is 5.91 Å². The second kappa shape index (κ2) is 7.99. The zero-order valence-electron chi connectivity index (χ0n) is 16.4. The van der Waals surface area contributed by atoms with Gasteiger partial charge in [0.25, 0.3) is 0 Å². The molecule has 1 unspecified atom stereocenters. The van der Waals surface area contributed by atoms with Crippen molar-refractivity contribution in [1.82, 2.24) is 4.90 Å². The van der Waals surface area contributed by atoms with E-state index in [2.05, 4.69) is 0 Å².